The van der Waals surface area contributed by atoms with Crippen LogP contribution >= 0.6 is 0 Å². The lowest BCUT2D eigenvalue weighted by molar-refractivity contribution is -0.142. The van der Waals surface area contributed by atoms with Crippen LogP contribution in [-0.4, -0.2) is 66.3 Å². The van der Waals surface area contributed by atoms with Gasteiger partial charge in [-0.1, -0.05) is 13.0 Å². The van der Waals surface area contributed by atoms with Crippen molar-refractivity contribution in [3.05, 3.63) is 12.7 Å². The van der Waals surface area contributed by atoms with Crippen LogP contribution in [0.4, 0.5) is 4.79 Å². The SMILES string of the molecule is C=CCN(CCC)C(=O)N(C)C1COCC1C(=O)O. The number of amides is 2. The topological polar surface area (TPSA) is 70.1 Å². The minimum Gasteiger partial charge on any atom is -0.481 e. The molecule has 0 aromatic rings. The summed E-state index contributed by atoms with van der Waals surface area (Å²) in [4.78, 5) is 26.6. The molecule has 0 spiro atoms. The number of carboxylic acids is 1. The quantitative estimate of drug-likeness (QED) is 0.732. The lowest BCUT2D eigenvalue weighted by atomic mass is 10.0. The zero-order valence-corrected chi connectivity index (χ0v) is 11.5. The van der Waals surface area contributed by atoms with E-state index >= 15 is 0 Å². The molecule has 0 saturated carbocycles. The summed E-state index contributed by atoms with van der Waals surface area (Å²) < 4.78 is 5.19. The van der Waals surface area contributed by atoms with E-state index in [1.165, 1.54) is 4.90 Å². The Kier molecular flexibility index (Phi) is 5.82. The van der Waals surface area contributed by atoms with Crippen molar-refractivity contribution in [3.8, 4) is 0 Å². The molecule has 1 heterocycles. The van der Waals surface area contributed by atoms with Gasteiger partial charge in [-0.2, -0.15) is 0 Å². The molecule has 0 aliphatic carbocycles. The van der Waals surface area contributed by atoms with Crippen molar-refractivity contribution in [1.29, 1.82) is 0 Å². The molecule has 1 saturated heterocycles. The highest BCUT2D eigenvalue weighted by Gasteiger charge is 2.39. The molecule has 6 nitrogen and oxygen atoms in total. The zero-order valence-electron chi connectivity index (χ0n) is 11.5. The fourth-order valence-electron chi connectivity index (χ4n) is 2.22. The van der Waals surface area contributed by atoms with Gasteiger partial charge in [0.05, 0.1) is 19.3 Å². The van der Waals surface area contributed by atoms with Crippen LogP contribution in [0.1, 0.15) is 13.3 Å². The average molecular weight is 270 g/mol. The zero-order chi connectivity index (χ0) is 14.4. The Morgan fingerprint density at radius 3 is 2.68 bits per heavy atom. The van der Waals surface area contributed by atoms with Crippen molar-refractivity contribution in [3.63, 3.8) is 0 Å². The van der Waals surface area contributed by atoms with E-state index in [2.05, 4.69) is 6.58 Å². The number of carbonyl (C=O) groups excluding carboxylic acids is 1. The summed E-state index contributed by atoms with van der Waals surface area (Å²) >= 11 is 0. The first kappa shape index (κ1) is 15.5. The average Bonchev–Trinajstić information content (AvgIpc) is 2.86. The van der Waals surface area contributed by atoms with Crippen LogP contribution < -0.4 is 0 Å². The number of hydrogen-bond donors (Lipinski definition) is 1. The van der Waals surface area contributed by atoms with E-state index in [0.717, 1.165) is 6.42 Å². The summed E-state index contributed by atoms with van der Waals surface area (Å²) in [5, 5.41) is 9.11. The van der Waals surface area contributed by atoms with Crippen LogP contribution in [0.3, 0.4) is 0 Å². The summed E-state index contributed by atoms with van der Waals surface area (Å²) in [5.41, 5.74) is 0. The summed E-state index contributed by atoms with van der Waals surface area (Å²) in [6.45, 7) is 7.14. The maximum Gasteiger partial charge on any atom is 0.320 e. The summed E-state index contributed by atoms with van der Waals surface area (Å²) in [7, 11) is 1.63. The van der Waals surface area contributed by atoms with Gasteiger partial charge in [0.25, 0.3) is 0 Å². The monoisotopic (exact) mass is 270 g/mol. The molecule has 2 atom stereocenters. The largest absolute Gasteiger partial charge is 0.481 e. The Bertz CT molecular complexity index is 346. The van der Waals surface area contributed by atoms with E-state index in [1.54, 1.807) is 18.0 Å². The van der Waals surface area contributed by atoms with Crippen LogP contribution in [-0.2, 0) is 9.53 Å². The molecule has 0 bridgehead atoms. The summed E-state index contributed by atoms with van der Waals surface area (Å²) in [6.07, 6.45) is 2.51. The van der Waals surface area contributed by atoms with E-state index in [9.17, 15) is 9.59 Å². The third-order valence-electron chi connectivity index (χ3n) is 3.28. The third-order valence-corrected chi connectivity index (χ3v) is 3.28. The number of rotatable bonds is 6. The van der Waals surface area contributed by atoms with Gasteiger partial charge in [0.1, 0.15) is 5.92 Å². The molecule has 108 valence electrons. The number of nitrogens with zero attached hydrogens (tertiary/aromatic N) is 2. The summed E-state index contributed by atoms with van der Waals surface area (Å²) in [6, 6.07) is -0.585. The number of likely N-dealkylation sites (N-methyl/N-ethyl adjacent to an activating group) is 1. The molecular formula is C13H22N2O4. The molecule has 1 aliphatic rings. The van der Waals surface area contributed by atoms with Crippen molar-refractivity contribution in [2.45, 2.75) is 19.4 Å². The first-order chi connectivity index (χ1) is 9.02. The van der Waals surface area contributed by atoms with Gasteiger partial charge >= 0.3 is 12.0 Å². The van der Waals surface area contributed by atoms with E-state index in [1.807, 2.05) is 6.92 Å². The Labute approximate surface area is 113 Å². The maximum atomic E-state index is 12.3. The van der Waals surface area contributed by atoms with Gasteiger partial charge in [-0.25, -0.2) is 4.79 Å². The number of hydrogen-bond acceptors (Lipinski definition) is 3. The van der Waals surface area contributed by atoms with Crippen molar-refractivity contribution in [2.24, 2.45) is 5.92 Å². The second-order valence-corrected chi connectivity index (χ2v) is 4.68. The van der Waals surface area contributed by atoms with E-state index in [0.29, 0.717) is 13.1 Å². The normalized spacial score (nSPS) is 22.0. The van der Waals surface area contributed by atoms with Gasteiger partial charge in [-0.3, -0.25) is 4.79 Å². The van der Waals surface area contributed by atoms with Gasteiger partial charge in [-0.05, 0) is 6.42 Å². The van der Waals surface area contributed by atoms with Gasteiger partial charge in [0.15, 0.2) is 0 Å². The fourth-order valence-corrected chi connectivity index (χ4v) is 2.22. The van der Waals surface area contributed by atoms with Crippen LogP contribution in [0, 0.1) is 5.92 Å². The molecule has 0 aromatic carbocycles. The predicted octanol–water partition coefficient (Wildman–Crippen LogP) is 1.04. The molecule has 1 rings (SSSR count). The molecule has 2 amide bonds. The lowest BCUT2D eigenvalue weighted by Gasteiger charge is -2.32. The minimum absolute atomic E-state index is 0.160. The van der Waals surface area contributed by atoms with Crippen LogP contribution in [0.25, 0.3) is 0 Å². The standard InChI is InChI=1S/C13H22N2O4/c1-4-6-15(7-5-2)13(18)14(3)11-9-19-8-10(11)12(16)17/h4,10-11H,1,5-9H2,2-3H3,(H,16,17). The van der Waals surface area contributed by atoms with E-state index < -0.39 is 17.9 Å². The van der Waals surface area contributed by atoms with Crippen molar-refractivity contribution < 1.29 is 19.4 Å². The van der Waals surface area contributed by atoms with Crippen molar-refractivity contribution in [2.75, 3.05) is 33.4 Å². The first-order valence-corrected chi connectivity index (χ1v) is 6.46. The Morgan fingerprint density at radius 2 is 2.16 bits per heavy atom. The molecule has 1 fully saturated rings. The minimum atomic E-state index is -0.923. The number of ether oxygens (including phenoxy) is 1. The van der Waals surface area contributed by atoms with E-state index in [4.69, 9.17) is 9.84 Å². The highest BCUT2D eigenvalue weighted by molar-refractivity contribution is 5.77. The molecule has 19 heavy (non-hydrogen) atoms. The molecule has 1 aliphatic heterocycles. The lowest BCUT2D eigenvalue weighted by Crippen LogP contribution is -2.50. The molecule has 0 radical (unpaired) electrons. The Balaban J connectivity index is 2.73. The van der Waals surface area contributed by atoms with Crippen LogP contribution in [0.15, 0.2) is 12.7 Å². The number of aliphatic carboxylic acids is 1. The second kappa shape index (κ2) is 7.13. The maximum absolute atomic E-state index is 12.3. The van der Waals surface area contributed by atoms with Crippen LogP contribution in [0.2, 0.25) is 0 Å². The smallest absolute Gasteiger partial charge is 0.320 e. The highest BCUT2D eigenvalue weighted by Crippen LogP contribution is 2.20. The summed E-state index contributed by atoms with van der Waals surface area (Å²) in [5.74, 6) is -1.57. The van der Waals surface area contributed by atoms with Crippen molar-refractivity contribution in [1.82, 2.24) is 9.80 Å². The molecular weight excluding hydrogens is 248 g/mol. The number of carbonyl (C=O) groups is 2. The van der Waals surface area contributed by atoms with Crippen molar-refractivity contribution >= 4 is 12.0 Å². The van der Waals surface area contributed by atoms with Gasteiger partial charge < -0.3 is 19.6 Å². The van der Waals surface area contributed by atoms with Gasteiger partial charge in [-0.15, -0.1) is 6.58 Å². The third kappa shape index (κ3) is 3.70. The first-order valence-electron chi connectivity index (χ1n) is 6.46. The Morgan fingerprint density at radius 1 is 1.47 bits per heavy atom. The van der Waals surface area contributed by atoms with E-state index in [-0.39, 0.29) is 19.2 Å². The molecule has 2 unspecified atom stereocenters. The molecule has 1 N–H and O–H groups in total. The number of carboxylic acid groups (broad SMARTS) is 1. The van der Waals surface area contributed by atoms with Gasteiger partial charge in [0.2, 0.25) is 0 Å². The van der Waals surface area contributed by atoms with Crippen LogP contribution in [0.5, 0.6) is 0 Å². The predicted molar refractivity (Wildman–Crippen MR) is 71.0 cm³/mol. The molecule has 0 aromatic heterocycles. The van der Waals surface area contributed by atoms with Gasteiger partial charge in [0, 0.05) is 20.1 Å². The molecule has 6 heteroatoms. The highest BCUT2D eigenvalue weighted by atomic mass is 16.5. The Hall–Kier alpha value is -1.56. The second-order valence-electron chi connectivity index (χ2n) is 4.68. The number of urea groups is 1. The fraction of sp³-hybridized carbons (Fsp3) is 0.692.